The number of allylic oxidation sites excluding steroid dienone is 23. The highest BCUT2D eigenvalue weighted by Gasteiger charge is 2.46. The second-order valence-corrected chi connectivity index (χ2v) is 20.1. The Kier molecular flexibility index (Phi) is 36.6. The van der Waals surface area contributed by atoms with Crippen molar-refractivity contribution in [2.45, 2.75) is 147 Å². The Hall–Kier alpha value is -5.40. The van der Waals surface area contributed by atoms with Crippen LogP contribution >= 0.6 is 15.6 Å². The van der Waals surface area contributed by atoms with E-state index < -0.39 is 89.8 Å². The third-order valence-electron chi connectivity index (χ3n) is 10.6. The first kappa shape index (κ1) is 67.7. The number of anilines is 1. The number of aliphatic hydroxyl groups is 3. The number of carbonyl (C=O) groups excluding carboxylic acids is 2. The van der Waals surface area contributed by atoms with Gasteiger partial charge in [0.2, 0.25) is 0 Å². The summed E-state index contributed by atoms with van der Waals surface area (Å²) in [4.78, 5) is 62.0. The molecule has 7 N–H and O–H groups in total. The van der Waals surface area contributed by atoms with Gasteiger partial charge in [-0.05, 0) is 89.5 Å². The molecule has 1 aromatic heterocycles. The summed E-state index contributed by atoms with van der Waals surface area (Å²) in [5.74, 6) is -1.71. The first-order valence-electron chi connectivity index (χ1n) is 26.0. The van der Waals surface area contributed by atoms with E-state index >= 15 is 0 Å². The molecular weight excluding hydrogens is 1030 g/mol. The minimum Gasteiger partial charge on any atom is -0.462 e. The number of hydrogen-bond acceptors (Lipinski definition) is 16. The number of ether oxygens (including phenoxy) is 3. The van der Waals surface area contributed by atoms with Crippen molar-refractivity contribution in [3.05, 3.63) is 169 Å². The van der Waals surface area contributed by atoms with Crippen LogP contribution in [0.15, 0.2) is 163 Å². The second kappa shape index (κ2) is 41.7. The van der Waals surface area contributed by atoms with Crippen molar-refractivity contribution in [2.75, 3.05) is 25.6 Å². The average molecular weight is 1110 g/mol. The Balaban J connectivity index is 1.90. The highest BCUT2D eigenvalue weighted by molar-refractivity contribution is 7.61. The zero-order valence-electron chi connectivity index (χ0n) is 44.3. The van der Waals surface area contributed by atoms with Crippen LogP contribution in [0.1, 0.15) is 116 Å². The maximum Gasteiger partial charge on any atom is 0.481 e. The first-order valence-corrected chi connectivity index (χ1v) is 28.9. The van der Waals surface area contributed by atoms with Crippen LogP contribution in [-0.2, 0) is 46.3 Å². The zero-order valence-corrected chi connectivity index (χ0v) is 46.1. The highest BCUT2D eigenvalue weighted by Crippen LogP contribution is 2.60. The summed E-state index contributed by atoms with van der Waals surface area (Å²) >= 11 is 0. The van der Waals surface area contributed by atoms with Gasteiger partial charge in [0.1, 0.15) is 30.7 Å². The van der Waals surface area contributed by atoms with E-state index in [1.54, 1.807) is 18.2 Å². The fraction of sp³-hybridized carbons (Fsp3) is 0.464. The second-order valence-electron chi connectivity index (χ2n) is 17.1. The molecule has 3 unspecified atom stereocenters. The SMILES string of the molecule is CC/C=C\C/C=C\C/C=C\C/C=C\C/C=C\C=C/C(O)CCC(=O)OC[C@H](COP(=O)(O)OP(=O)(O)OC[C@H]1O[C@@H](n2ccc(N)nc2=O)[C@H](O)[C@@H]1O)OC(=O)CC/C=C\C/C=C\C/C=C\C/C=C\C/C=C\C/C=C\CC. The van der Waals surface area contributed by atoms with Gasteiger partial charge in [-0.15, -0.1) is 0 Å². The third kappa shape index (κ3) is 34.2. The van der Waals surface area contributed by atoms with Gasteiger partial charge in [0.05, 0.1) is 19.3 Å². The Morgan fingerprint density at radius 1 is 0.675 bits per heavy atom. The van der Waals surface area contributed by atoms with Gasteiger partial charge in [0.25, 0.3) is 0 Å². The van der Waals surface area contributed by atoms with Crippen molar-refractivity contribution >= 4 is 33.4 Å². The number of rotatable bonds is 40. The number of phosphoric acid groups is 2. The van der Waals surface area contributed by atoms with Gasteiger partial charge in [-0.2, -0.15) is 9.29 Å². The van der Waals surface area contributed by atoms with Crippen LogP contribution < -0.4 is 11.4 Å². The third-order valence-corrected chi connectivity index (χ3v) is 13.2. The number of carbonyl (C=O) groups is 2. The van der Waals surface area contributed by atoms with Gasteiger partial charge in [-0.25, -0.2) is 13.9 Å². The van der Waals surface area contributed by atoms with Crippen molar-refractivity contribution in [3.8, 4) is 0 Å². The summed E-state index contributed by atoms with van der Waals surface area (Å²) in [6.07, 6.45) is 49.8. The summed E-state index contributed by atoms with van der Waals surface area (Å²) in [5, 5.41) is 31.3. The predicted molar refractivity (Wildman–Crippen MR) is 299 cm³/mol. The maximum absolute atomic E-state index is 12.9. The lowest BCUT2D eigenvalue weighted by Gasteiger charge is -2.21. The molecule has 0 bridgehead atoms. The van der Waals surface area contributed by atoms with Gasteiger partial charge >= 0.3 is 33.3 Å². The number of phosphoric ester groups is 2. The van der Waals surface area contributed by atoms with E-state index in [1.807, 2.05) is 30.4 Å². The molecule has 0 saturated carbocycles. The summed E-state index contributed by atoms with van der Waals surface area (Å²) in [6.45, 7) is 1.60. The largest absolute Gasteiger partial charge is 0.481 e. The molecule has 1 fully saturated rings. The quantitative estimate of drug-likeness (QED) is 0.0154. The predicted octanol–water partition coefficient (Wildman–Crippen LogP) is 10.1. The lowest BCUT2D eigenvalue weighted by molar-refractivity contribution is -0.161. The first-order chi connectivity index (χ1) is 37.1. The highest BCUT2D eigenvalue weighted by atomic mass is 31.3. The number of aliphatic hydroxyl groups excluding tert-OH is 3. The normalized spacial score (nSPS) is 20.2. The van der Waals surface area contributed by atoms with Crippen LogP contribution in [0, 0.1) is 0 Å². The monoisotopic (exact) mass is 1110 g/mol. The molecule has 1 aliphatic heterocycles. The Morgan fingerprint density at radius 2 is 1.16 bits per heavy atom. The lowest BCUT2D eigenvalue weighted by atomic mass is 10.1. The summed E-state index contributed by atoms with van der Waals surface area (Å²) in [5.41, 5.74) is 4.56. The van der Waals surface area contributed by atoms with Gasteiger partial charge in [0.15, 0.2) is 12.3 Å². The van der Waals surface area contributed by atoms with Crippen LogP contribution in [0.25, 0.3) is 0 Å². The van der Waals surface area contributed by atoms with Crippen LogP contribution in [0.4, 0.5) is 5.82 Å². The van der Waals surface area contributed by atoms with Gasteiger partial charge in [-0.1, -0.05) is 160 Å². The van der Waals surface area contributed by atoms with Crippen molar-refractivity contribution < 1.29 is 71.4 Å². The molecule has 19 nitrogen and oxygen atoms in total. The van der Waals surface area contributed by atoms with Crippen molar-refractivity contribution in [1.29, 1.82) is 0 Å². The summed E-state index contributed by atoms with van der Waals surface area (Å²) < 4.78 is 56.5. The Morgan fingerprint density at radius 3 is 1.66 bits per heavy atom. The fourth-order valence-electron chi connectivity index (χ4n) is 6.56. The van der Waals surface area contributed by atoms with E-state index in [0.717, 1.165) is 68.6 Å². The Labute approximate surface area is 453 Å². The van der Waals surface area contributed by atoms with E-state index in [-0.39, 0.29) is 31.5 Å². The average Bonchev–Trinajstić information content (AvgIpc) is 3.67. The van der Waals surface area contributed by atoms with Crippen LogP contribution in [0.5, 0.6) is 0 Å². The Bertz CT molecular complexity index is 2380. The molecule has 0 radical (unpaired) electrons. The summed E-state index contributed by atoms with van der Waals surface area (Å²) in [7, 11) is -11.0. The molecule has 426 valence electrons. The lowest BCUT2D eigenvalue weighted by Crippen LogP contribution is -2.36. The van der Waals surface area contributed by atoms with E-state index in [4.69, 9.17) is 29.0 Å². The molecule has 0 aromatic carbocycles. The number of hydrogen-bond donors (Lipinski definition) is 6. The molecule has 1 aromatic rings. The number of aromatic nitrogens is 2. The van der Waals surface area contributed by atoms with Crippen LogP contribution in [0.2, 0.25) is 0 Å². The molecule has 1 saturated heterocycles. The van der Waals surface area contributed by atoms with E-state index in [2.05, 4.69) is 114 Å². The molecule has 0 aliphatic carbocycles. The maximum atomic E-state index is 12.9. The minimum atomic E-state index is -5.51. The topological polar surface area (TPSA) is 286 Å². The van der Waals surface area contributed by atoms with Gasteiger partial charge in [-0.3, -0.25) is 23.2 Å². The smallest absolute Gasteiger partial charge is 0.462 e. The van der Waals surface area contributed by atoms with Crippen molar-refractivity contribution in [1.82, 2.24) is 9.55 Å². The summed E-state index contributed by atoms with van der Waals surface area (Å²) in [6, 6.07) is 1.23. The van der Waals surface area contributed by atoms with Crippen LogP contribution in [0.3, 0.4) is 0 Å². The van der Waals surface area contributed by atoms with Crippen molar-refractivity contribution in [2.24, 2.45) is 0 Å². The number of nitrogens with two attached hydrogens (primary N) is 1. The molecule has 8 atom stereocenters. The molecular formula is C56H81N3O16P2. The van der Waals surface area contributed by atoms with E-state index in [0.29, 0.717) is 12.8 Å². The molecule has 77 heavy (non-hydrogen) atoms. The number of nitrogens with zero attached hydrogens (tertiary/aromatic N) is 2. The van der Waals surface area contributed by atoms with E-state index in [1.165, 1.54) is 12.1 Å². The molecule has 2 rings (SSSR count). The molecule has 0 spiro atoms. The minimum absolute atomic E-state index is 0.0158. The number of nitrogen functional groups attached to an aromatic ring is 1. The zero-order chi connectivity index (χ0) is 56.4. The number of esters is 2. The van der Waals surface area contributed by atoms with Gasteiger partial charge in [0, 0.05) is 19.0 Å². The molecule has 0 amide bonds. The molecule has 1 aliphatic rings. The van der Waals surface area contributed by atoms with E-state index in [9.17, 15) is 48.6 Å². The molecule has 21 heteroatoms. The fourth-order valence-corrected chi connectivity index (χ4v) is 8.67. The van der Waals surface area contributed by atoms with Crippen molar-refractivity contribution in [3.63, 3.8) is 0 Å². The molecule has 2 heterocycles. The van der Waals surface area contributed by atoms with Gasteiger partial charge < -0.3 is 45.1 Å². The van der Waals surface area contributed by atoms with Crippen LogP contribution in [-0.4, -0.2) is 96.9 Å². The standard InChI is InChI=1S/C56H81N3O16P2/c1-3-5-7-9-11-13-15-17-19-21-22-23-25-27-29-31-33-35-37-39-52(62)73-48(44-70-51(61)41-40-47(60)38-36-34-32-30-28-26-24-20-18-16-14-12-10-8-6-4-2)45-71-76(66,67)75-77(68,69)72-46-49-53(63)54(64)55(74-49)59-43-42-50(57)58-56(59)65/h5-8,11-14,17-20,22-23,26-29,32-36,38,42-43,47-49,53-55,60,63-64H,3-4,9-10,15-16,21,24-25,30-31,37,39-41,44-46H2,1-2H3,(H,66,67)(H,68,69)(H2,57,58,65)/b7-5-,8-6-,13-11-,14-12-,19-17-,20-18-,23-22-,28-26-,29-27-,34-32-,35-33-,38-36-/t47?,48-,49-,53-,54-,55-/m1/s1.